The normalized spacial score (nSPS) is 11.7. The van der Waals surface area contributed by atoms with Gasteiger partial charge in [-0.3, -0.25) is 4.79 Å². The van der Waals surface area contributed by atoms with E-state index in [0.29, 0.717) is 11.3 Å². The van der Waals surface area contributed by atoms with Crippen molar-refractivity contribution in [1.29, 1.82) is 0 Å². The van der Waals surface area contributed by atoms with E-state index in [0.717, 1.165) is 29.1 Å². The molecule has 0 unspecified atom stereocenters. The summed E-state index contributed by atoms with van der Waals surface area (Å²) in [4.78, 5) is 12.6. The first-order valence-corrected chi connectivity index (χ1v) is 9.26. The van der Waals surface area contributed by atoms with E-state index < -0.39 is 17.6 Å². The molecule has 3 aromatic rings. The highest BCUT2D eigenvalue weighted by Crippen LogP contribution is 2.34. The predicted molar refractivity (Wildman–Crippen MR) is 97.8 cm³/mol. The van der Waals surface area contributed by atoms with Gasteiger partial charge in [0.25, 0.3) is 5.91 Å². The number of furan rings is 1. The Morgan fingerprint density at radius 1 is 1.23 bits per heavy atom. The molecule has 2 aromatic carbocycles. The second kappa shape index (κ2) is 7.25. The lowest BCUT2D eigenvalue weighted by atomic mass is 10.1. The third kappa shape index (κ3) is 3.68. The lowest BCUT2D eigenvalue weighted by Crippen LogP contribution is -2.14. The molecule has 0 fully saturated rings. The number of halogens is 4. The largest absolute Gasteiger partial charge is 0.451 e. The van der Waals surface area contributed by atoms with Crippen molar-refractivity contribution >= 4 is 45.9 Å². The van der Waals surface area contributed by atoms with E-state index in [1.54, 1.807) is 12.1 Å². The second-order valence-corrected chi connectivity index (χ2v) is 6.76. The summed E-state index contributed by atoms with van der Waals surface area (Å²) in [6.45, 7) is 0. The third-order valence-electron chi connectivity index (χ3n) is 3.74. The van der Waals surface area contributed by atoms with E-state index in [2.05, 4.69) is 5.32 Å². The number of rotatable bonds is 4. The number of para-hydroxylation sites is 1. The zero-order chi connectivity index (χ0) is 18.9. The van der Waals surface area contributed by atoms with Gasteiger partial charge < -0.3 is 9.73 Å². The van der Waals surface area contributed by atoms with Crippen molar-refractivity contribution in [2.75, 3.05) is 11.6 Å². The molecule has 0 radical (unpaired) electrons. The summed E-state index contributed by atoms with van der Waals surface area (Å²) in [5.74, 6) is 0.115. The smallest absolute Gasteiger partial charge is 0.416 e. The van der Waals surface area contributed by atoms with Gasteiger partial charge in [0, 0.05) is 16.7 Å². The lowest BCUT2D eigenvalue weighted by Gasteiger charge is -2.11. The quantitative estimate of drug-likeness (QED) is 0.566. The predicted octanol–water partition coefficient (Wildman–Crippen LogP) is 6.22. The van der Waals surface area contributed by atoms with Crippen LogP contribution in [-0.4, -0.2) is 12.2 Å². The van der Waals surface area contributed by atoms with Gasteiger partial charge in [0.1, 0.15) is 5.58 Å². The standard InChI is InChI=1S/C18H13ClF3NO2S/c1-26-9-12-11-4-2-3-5-15(11)25-16(12)17(24)23-14-7-6-10(8-13(14)19)18(20,21)22/h2-8H,9H2,1H3,(H,23,24). The number of carbonyl (C=O) groups is 1. The van der Waals surface area contributed by atoms with Gasteiger partial charge in [-0.15, -0.1) is 0 Å². The number of thioether (sulfide) groups is 1. The first-order chi connectivity index (χ1) is 12.3. The Bertz CT molecular complexity index is 969. The van der Waals surface area contributed by atoms with Crippen LogP contribution in [0.25, 0.3) is 11.0 Å². The zero-order valence-electron chi connectivity index (χ0n) is 13.5. The minimum Gasteiger partial charge on any atom is -0.451 e. The van der Waals surface area contributed by atoms with Crippen molar-refractivity contribution < 1.29 is 22.4 Å². The maximum atomic E-state index is 12.7. The van der Waals surface area contributed by atoms with Crippen LogP contribution in [0.5, 0.6) is 0 Å². The zero-order valence-corrected chi connectivity index (χ0v) is 15.1. The lowest BCUT2D eigenvalue weighted by molar-refractivity contribution is -0.137. The van der Waals surface area contributed by atoms with Crippen LogP contribution in [0.4, 0.5) is 18.9 Å². The van der Waals surface area contributed by atoms with Gasteiger partial charge in [-0.1, -0.05) is 29.8 Å². The fourth-order valence-corrected chi connectivity index (χ4v) is 3.34. The average Bonchev–Trinajstić information content (AvgIpc) is 2.95. The van der Waals surface area contributed by atoms with Crippen molar-refractivity contribution in [3.63, 3.8) is 0 Å². The molecule has 0 saturated carbocycles. The number of carbonyl (C=O) groups excluding carboxylic acids is 1. The fraction of sp³-hybridized carbons (Fsp3) is 0.167. The van der Waals surface area contributed by atoms with Gasteiger partial charge in [-0.05, 0) is 30.5 Å². The Labute approximate surface area is 156 Å². The van der Waals surface area contributed by atoms with Crippen molar-refractivity contribution in [3.05, 3.63) is 64.4 Å². The average molecular weight is 400 g/mol. The van der Waals surface area contributed by atoms with Crippen LogP contribution in [0.15, 0.2) is 46.9 Å². The maximum absolute atomic E-state index is 12.7. The molecular weight excluding hydrogens is 387 g/mol. The van der Waals surface area contributed by atoms with E-state index in [4.69, 9.17) is 16.0 Å². The summed E-state index contributed by atoms with van der Waals surface area (Å²) < 4.78 is 43.8. The van der Waals surface area contributed by atoms with E-state index in [1.165, 1.54) is 11.8 Å². The van der Waals surface area contributed by atoms with E-state index in [9.17, 15) is 18.0 Å². The van der Waals surface area contributed by atoms with Crippen LogP contribution in [0.2, 0.25) is 5.02 Å². The molecule has 1 N–H and O–H groups in total. The van der Waals surface area contributed by atoms with Gasteiger partial charge in [0.05, 0.1) is 16.3 Å². The first kappa shape index (κ1) is 18.7. The molecule has 0 bridgehead atoms. The Hall–Kier alpha value is -2.12. The molecule has 1 aromatic heterocycles. The number of hydrogen-bond donors (Lipinski definition) is 1. The van der Waals surface area contributed by atoms with Gasteiger partial charge in [-0.2, -0.15) is 24.9 Å². The molecule has 1 amide bonds. The first-order valence-electron chi connectivity index (χ1n) is 7.48. The minimum atomic E-state index is -4.50. The van der Waals surface area contributed by atoms with Crippen LogP contribution >= 0.6 is 23.4 Å². The topological polar surface area (TPSA) is 42.2 Å². The highest BCUT2D eigenvalue weighted by Gasteiger charge is 2.31. The SMILES string of the molecule is CSCc1c(C(=O)Nc2ccc(C(F)(F)F)cc2Cl)oc2ccccc12. The van der Waals surface area contributed by atoms with Crippen LogP contribution < -0.4 is 5.32 Å². The number of anilines is 1. The van der Waals surface area contributed by atoms with Gasteiger partial charge in [0.2, 0.25) is 0 Å². The number of amides is 1. The van der Waals surface area contributed by atoms with E-state index in [-0.39, 0.29) is 16.5 Å². The number of hydrogen-bond acceptors (Lipinski definition) is 3. The maximum Gasteiger partial charge on any atom is 0.416 e. The molecule has 8 heteroatoms. The molecule has 0 aliphatic carbocycles. The third-order valence-corrected chi connectivity index (χ3v) is 4.63. The molecule has 136 valence electrons. The van der Waals surface area contributed by atoms with Crippen LogP contribution in [0.3, 0.4) is 0 Å². The summed E-state index contributed by atoms with van der Waals surface area (Å²) >= 11 is 7.43. The summed E-state index contributed by atoms with van der Waals surface area (Å²) in [6, 6.07) is 10.0. The Morgan fingerprint density at radius 3 is 2.62 bits per heavy atom. The second-order valence-electron chi connectivity index (χ2n) is 5.49. The molecule has 0 aliphatic rings. The molecule has 26 heavy (non-hydrogen) atoms. The molecule has 0 spiro atoms. The van der Waals surface area contributed by atoms with Crippen molar-refractivity contribution in [1.82, 2.24) is 0 Å². The Kier molecular flexibility index (Phi) is 5.20. The van der Waals surface area contributed by atoms with Crippen molar-refractivity contribution in [2.24, 2.45) is 0 Å². The van der Waals surface area contributed by atoms with E-state index in [1.807, 2.05) is 18.4 Å². The van der Waals surface area contributed by atoms with Crippen molar-refractivity contribution in [2.45, 2.75) is 11.9 Å². The summed E-state index contributed by atoms with van der Waals surface area (Å²) in [5, 5.41) is 3.15. The van der Waals surface area contributed by atoms with Crippen molar-refractivity contribution in [3.8, 4) is 0 Å². The van der Waals surface area contributed by atoms with Crippen LogP contribution in [0.1, 0.15) is 21.7 Å². The number of nitrogens with one attached hydrogen (secondary N) is 1. The van der Waals surface area contributed by atoms with Gasteiger partial charge in [-0.25, -0.2) is 0 Å². The molecule has 3 nitrogen and oxygen atoms in total. The van der Waals surface area contributed by atoms with Crippen LogP contribution in [-0.2, 0) is 11.9 Å². The molecule has 1 heterocycles. The molecule has 0 atom stereocenters. The minimum absolute atomic E-state index is 0.0835. The summed E-state index contributed by atoms with van der Waals surface area (Å²) in [7, 11) is 0. The Morgan fingerprint density at radius 2 is 1.96 bits per heavy atom. The van der Waals surface area contributed by atoms with E-state index >= 15 is 0 Å². The molecule has 0 aliphatic heterocycles. The highest BCUT2D eigenvalue weighted by molar-refractivity contribution is 7.97. The monoisotopic (exact) mass is 399 g/mol. The van der Waals surface area contributed by atoms with Gasteiger partial charge >= 0.3 is 6.18 Å². The number of fused-ring (bicyclic) bond motifs is 1. The van der Waals surface area contributed by atoms with Gasteiger partial charge in [0.15, 0.2) is 5.76 Å². The summed E-state index contributed by atoms with van der Waals surface area (Å²) in [5.41, 5.74) is 0.501. The molecular formula is C18H13ClF3NO2S. The molecule has 0 saturated heterocycles. The fourth-order valence-electron chi connectivity index (χ4n) is 2.54. The number of alkyl halides is 3. The number of benzene rings is 2. The Balaban J connectivity index is 1.93. The van der Waals surface area contributed by atoms with Crippen LogP contribution in [0, 0.1) is 0 Å². The molecule has 3 rings (SSSR count). The highest BCUT2D eigenvalue weighted by atomic mass is 35.5. The summed E-state index contributed by atoms with van der Waals surface area (Å²) in [6.07, 6.45) is -2.60.